The van der Waals surface area contributed by atoms with E-state index in [2.05, 4.69) is 31.2 Å². The number of aromatic amines is 1. The van der Waals surface area contributed by atoms with E-state index in [1.54, 1.807) is 10.9 Å². The average Bonchev–Trinajstić information content (AvgIpc) is 2.95. The molecule has 0 amide bonds. The van der Waals surface area contributed by atoms with Crippen LogP contribution in [0.2, 0.25) is 0 Å². The summed E-state index contributed by atoms with van der Waals surface area (Å²) in [5, 5.41) is 11.6. The van der Waals surface area contributed by atoms with Gasteiger partial charge < -0.3 is 4.90 Å². The summed E-state index contributed by atoms with van der Waals surface area (Å²) >= 11 is 8.71. The minimum absolute atomic E-state index is 0.454. The van der Waals surface area contributed by atoms with Gasteiger partial charge >= 0.3 is 0 Å². The predicted octanol–water partition coefficient (Wildman–Crippen LogP) is 4.32. The first kappa shape index (κ1) is 16.6. The third-order valence-electron chi connectivity index (χ3n) is 3.48. The number of hydrogen-bond acceptors (Lipinski definition) is 4. The Labute approximate surface area is 153 Å². The highest BCUT2D eigenvalue weighted by atomic mass is 79.9. The second-order valence-corrected chi connectivity index (χ2v) is 6.70. The molecule has 7 heteroatoms. The van der Waals surface area contributed by atoms with Crippen LogP contribution < -0.4 is 4.90 Å². The SMILES string of the molecule is CN(C)c1ccc(-c2n[nH]c(=S)n2N=Cc2ccc(Br)cc2)cc1. The van der Waals surface area contributed by atoms with Crippen LogP contribution in [0.25, 0.3) is 11.4 Å². The van der Waals surface area contributed by atoms with Gasteiger partial charge in [0.15, 0.2) is 5.82 Å². The van der Waals surface area contributed by atoms with E-state index >= 15 is 0 Å². The van der Waals surface area contributed by atoms with Gasteiger partial charge in [0.05, 0.1) is 6.21 Å². The molecule has 5 nitrogen and oxygen atoms in total. The summed E-state index contributed by atoms with van der Waals surface area (Å²) in [6.07, 6.45) is 1.76. The minimum Gasteiger partial charge on any atom is -0.378 e. The molecule has 0 fully saturated rings. The van der Waals surface area contributed by atoms with Crippen LogP contribution in [0, 0.1) is 4.77 Å². The monoisotopic (exact) mass is 401 g/mol. The van der Waals surface area contributed by atoms with Crippen LogP contribution in [-0.4, -0.2) is 35.2 Å². The number of aromatic nitrogens is 3. The number of hydrogen-bond donors (Lipinski definition) is 1. The van der Waals surface area contributed by atoms with E-state index in [-0.39, 0.29) is 0 Å². The van der Waals surface area contributed by atoms with Gasteiger partial charge in [-0.3, -0.25) is 0 Å². The number of nitrogens with zero attached hydrogens (tertiary/aromatic N) is 4. The number of rotatable bonds is 4. The number of nitrogens with one attached hydrogen (secondary N) is 1. The van der Waals surface area contributed by atoms with Crippen molar-refractivity contribution in [2.24, 2.45) is 5.10 Å². The number of halogens is 1. The quantitative estimate of drug-likeness (QED) is 0.523. The van der Waals surface area contributed by atoms with Gasteiger partial charge in [-0.15, -0.1) is 0 Å². The number of H-pyrrole nitrogens is 1. The zero-order valence-corrected chi connectivity index (χ0v) is 15.7. The third-order valence-corrected chi connectivity index (χ3v) is 4.28. The molecule has 0 atom stereocenters. The Bertz CT molecular complexity index is 907. The standard InChI is InChI=1S/C17H16BrN5S/c1-22(2)15-9-5-13(6-10-15)16-20-21-17(24)23(16)19-11-12-3-7-14(18)8-4-12/h3-11H,1-2H3,(H,21,24). The molecule has 0 aliphatic heterocycles. The number of anilines is 1. The Morgan fingerprint density at radius 1 is 1.12 bits per heavy atom. The molecule has 3 rings (SSSR count). The normalized spacial score (nSPS) is 11.1. The molecule has 0 aliphatic carbocycles. The maximum absolute atomic E-state index is 5.29. The highest BCUT2D eigenvalue weighted by Gasteiger charge is 2.08. The van der Waals surface area contributed by atoms with Crippen molar-refractivity contribution in [1.29, 1.82) is 0 Å². The first-order chi connectivity index (χ1) is 11.5. The average molecular weight is 402 g/mol. The van der Waals surface area contributed by atoms with E-state index in [1.165, 1.54) is 0 Å². The third kappa shape index (κ3) is 3.63. The second-order valence-electron chi connectivity index (χ2n) is 5.40. The van der Waals surface area contributed by atoms with E-state index in [0.29, 0.717) is 10.6 Å². The molecule has 122 valence electrons. The van der Waals surface area contributed by atoms with Crippen LogP contribution in [0.5, 0.6) is 0 Å². The zero-order chi connectivity index (χ0) is 17.1. The fourth-order valence-electron chi connectivity index (χ4n) is 2.17. The van der Waals surface area contributed by atoms with Gasteiger partial charge in [-0.2, -0.15) is 14.9 Å². The largest absolute Gasteiger partial charge is 0.378 e. The van der Waals surface area contributed by atoms with Crippen molar-refractivity contribution in [2.75, 3.05) is 19.0 Å². The van der Waals surface area contributed by atoms with E-state index in [0.717, 1.165) is 21.3 Å². The van der Waals surface area contributed by atoms with Crippen molar-refractivity contribution in [2.45, 2.75) is 0 Å². The summed E-state index contributed by atoms with van der Waals surface area (Å²) in [7, 11) is 4.02. The Hall–Kier alpha value is -2.25. The summed E-state index contributed by atoms with van der Waals surface area (Å²) in [6, 6.07) is 16.0. The Balaban J connectivity index is 1.94. The highest BCUT2D eigenvalue weighted by Crippen LogP contribution is 2.21. The molecule has 1 heterocycles. The molecule has 1 aromatic heterocycles. The van der Waals surface area contributed by atoms with Crippen molar-refractivity contribution in [1.82, 2.24) is 14.9 Å². The van der Waals surface area contributed by atoms with Gasteiger partial charge in [0.2, 0.25) is 4.77 Å². The topological polar surface area (TPSA) is 49.2 Å². The summed E-state index contributed by atoms with van der Waals surface area (Å²) in [4.78, 5) is 2.05. The van der Waals surface area contributed by atoms with Crippen LogP contribution in [-0.2, 0) is 0 Å². The molecule has 0 bridgehead atoms. The van der Waals surface area contributed by atoms with Gasteiger partial charge in [-0.1, -0.05) is 28.1 Å². The first-order valence-electron chi connectivity index (χ1n) is 7.30. The predicted molar refractivity (Wildman–Crippen MR) is 104 cm³/mol. The summed E-state index contributed by atoms with van der Waals surface area (Å²) in [5.74, 6) is 0.679. The van der Waals surface area contributed by atoms with Crippen LogP contribution >= 0.6 is 28.1 Å². The second kappa shape index (κ2) is 7.11. The number of benzene rings is 2. The van der Waals surface area contributed by atoms with Crippen molar-refractivity contribution < 1.29 is 0 Å². The summed E-state index contributed by atoms with van der Waals surface area (Å²) < 4.78 is 3.11. The molecule has 3 aromatic rings. The molecule has 0 unspecified atom stereocenters. The lowest BCUT2D eigenvalue weighted by Gasteiger charge is -2.12. The van der Waals surface area contributed by atoms with E-state index < -0.39 is 0 Å². The molecule has 1 N–H and O–H groups in total. The lowest BCUT2D eigenvalue weighted by atomic mass is 10.2. The van der Waals surface area contributed by atoms with Gasteiger partial charge in [0.1, 0.15) is 0 Å². The molecular formula is C17H16BrN5S. The lowest BCUT2D eigenvalue weighted by molar-refractivity contribution is 0.871. The fourth-order valence-corrected chi connectivity index (χ4v) is 2.61. The highest BCUT2D eigenvalue weighted by molar-refractivity contribution is 9.10. The van der Waals surface area contributed by atoms with Crippen molar-refractivity contribution in [3.63, 3.8) is 0 Å². The van der Waals surface area contributed by atoms with E-state index in [4.69, 9.17) is 12.2 Å². The van der Waals surface area contributed by atoms with E-state index in [1.807, 2.05) is 67.5 Å². The smallest absolute Gasteiger partial charge is 0.216 e. The van der Waals surface area contributed by atoms with Crippen molar-refractivity contribution in [3.8, 4) is 11.4 Å². The van der Waals surface area contributed by atoms with Crippen molar-refractivity contribution in [3.05, 3.63) is 63.3 Å². The van der Waals surface area contributed by atoms with Crippen LogP contribution in [0.4, 0.5) is 5.69 Å². The summed E-state index contributed by atoms with van der Waals surface area (Å²) in [5.41, 5.74) is 3.05. The van der Waals surface area contributed by atoms with Gasteiger partial charge in [-0.05, 0) is 54.2 Å². The van der Waals surface area contributed by atoms with Crippen LogP contribution in [0.15, 0.2) is 58.1 Å². The zero-order valence-electron chi connectivity index (χ0n) is 13.3. The summed E-state index contributed by atoms with van der Waals surface area (Å²) in [6.45, 7) is 0. The van der Waals surface area contributed by atoms with Crippen LogP contribution in [0.3, 0.4) is 0 Å². The van der Waals surface area contributed by atoms with Gasteiger partial charge in [0, 0.05) is 29.8 Å². The molecular weight excluding hydrogens is 386 g/mol. The van der Waals surface area contributed by atoms with Crippen molar-refractivity contribution >= 4 is 40.0 Å². The Morgan fingerprint density at radius 2 is 1.79 bits per heavy atom. The molecule has 0 saturated heterocycles. The Kier molecular flexibility index (Phi) is 4.92. The van der Waals surface area contributed by atoms with E-state index in [9.17, 15) is 0 Å². The Morgan fingerprint density at radius 3 is 2.42 bits per heavy atom. The maximum atomic E-state index is 5.29. The molecule has 0 aliphatic rings. The molecule has 2 aromatic carbocycles. The van der Waals surface area contributed by atoms with Gasteiger partial charge in [-0.25, -0.2) is 5.10 Å². The molecule has 0 radical (unpaired) electrons. The minimum atomic E-state index is 0.454. The lowest BCUT2D eigenvalue weighted by Crippen LogP contribution is -2.08. The fraction of sp³-hybridized carbons (Fsp3) is 0.118. The van der Waals surface area contributed by atoms with Gasteiger partial charge in [0.25, 0.3) is 0 Å². The first-order valence-corrected chi connectivity index (χ1v) is 8.50. The van der Waals surface area contributed by atoms with Crippen LogP contribution in [0.1, 0.15) is 5.56 Å². The molecule has 24 heavy (non-hydrogen) atoms. The molecule has 0 spiro atoms. The maximum Gasteiger partial charge on any atom is 0.216 e. The molecule has 0 saturated carbocycles.